The van der Waals surface area contributed by atoms with Gasteiger partial charge in [0.2, 0.25) is 0 Å². The van der Waals surface area contributed by atoms with Gasteiger partial charge in [-0.3, -0.25) is 15.5 Å². The number of Topliss-reactive ketones (excluding diaryl/α,β-unsaturated/α-hetero) is 1. The number of aryl methyl sites for hydroxylation is 1. The van der Waals surface area contributed by atoms with E-state index < -0.39 is 0 Å². The van der Waals surface area contributed by atoms with Crippen LogP contribution in [0.25, 0.3) is 16.5 Å². The van der Waals surface area contributed by atoms with Crippen LogP contribution in [-0.2, 0) is 7.05 Å². The number of benzene rings is 1. The highest BCUT2D eigenvalue weighted by atomic mass is 19.1. The van der Waals surface area contributed by atoms with Gasteiger partial charge in [0, 0.05) is 49.1 Å². The Labute approximate surface area is 133 Å². The third-order valence-electron chi connectivity index (χ3n) is 4.38. The highest BCUT2D eigenvalue weighted by Gasteiger charge is 2.33. The van der Waals surface area contributed by atoms with E-state index in [1.165, 1.54) is 12.1 Å². The van der Waals surface area contributed by atoms with Crippen LogP contribution in [0, 0.1) is 11.7 Å². The first-order valence-electron chi connectivity index (χ1n) is 7.44. The van der Waals surface area contributed by atoms with Crippen LogP contribution < -0.4 is 10.7 Å². The van der Waals surface area contributed by atoms with Crippen molar-refractivity contribution in [2.75, 3.05) is 13.2 Å². The van der Waals surface area contributed by atoms with Crippen molar-refractivity contribution in [1.29, 1.82) is 0 Å². The number of rotatable bonds is 5. The Morgan fingerprint density at radius 3 is 3.00 bits per heavy atom. The van der Waals surface area contributed by atoms with E-state index in [0.717, 1.165) is 22.0 Å². The maximum Gasteiger partial charge on any atom is 0.180 e. The average molecular weight is 314 g/mol. The first kappa shape index (κ1) is 15.4. The molecule has 0 aliphatic heterocycles. The number of halogens is 1. The van der Waals surface area contributed by atoms with Crippen molar-refractivity contribution in [2.24, 2.45) is 18.1 Å². The Morgan fingerprint density at radius 2 is 2.26 bits per heavy atom. The molecule has 1 aromatic carbocycles. The molecule has 3 rings (SSSR count). The zero-order valence-corrected chi connectivity index (χ0v) is 13.0. The molecular weight excluding hydrogens is 295 g/mol. The predicted octanol–water partition coefficient (Wildman–Crippen LogP) is 2.29. The van der Waals surface area contributed by atoms with Gasteiger partial charge >= 0.3 is 0 Å². The molecule has 6 heteroatoms. The number of hydrazone groups is 1. The van der Waals surface area contributed by atoms with Crippen molar-refractivity contribution in [1.82, 2.24) is 15.3 Å². The highest BCUT2D eigenvalue weighted by molar-refractivity contribution is 6.11. The van der Waals surface area contributed by atoms with Crippen molar-refractivity contribution in [3.05, 3.63) is 41.9 Å². The van der Waals surface area contributed by atoms with Gasteiger partial charge in [-0.25, -0.2) is 4.39 Å². The Kier molecular flexibility index (Phi) is 4.00. The summed E-state index contributed by atoms with van der Waals surface area (Å²) in [7, 11) is 1.84. The zero-order valence-electron chi connectivity index (χ0n) is 13.0. The normalized spacial score (nSPS) is 17.4. The van der Waals surface area contributed by atoms with E-state index in [4.69, 9.17) is 0 Å². The molecule has 0 saturated heterocycles. The highest BCUT2D eigenvalue weighted by Crippen LogP contribution is 2.40. The van der Waals surface area contributed by atoms with Crippen LogP contribution in [0.2, 0.25) is 0 Å². The van der Waals surface area contributed by atoms with Crippen molar-refractivity contribution in [3.63, 3.8) is 0 Å². The Balaban J connectivity index is 2.00. The summed E-state index contributed by atoms with van der Waals surface area (Å²) >= 11 is 0. The van der Waals surface area contributed by atoms with E-state index in [1.54, 1.807) is 6.07 Å². The van der Waals surface area contributed by atoms with Crippen LogP contribution >= 0.6 is 0 Å². The molecular formula is C17H19FN4O. The molecule has 1 heterocycles. The minimum absolute atomic E-state index is 0.0181. The standard InChI is InChI=1S/C17H19FN4O/c1-10-11(8-20-9-21-19-2)6-15(23)17-16(10)13-7-12(18)4-5-14(13)22(17)3/h4-5,7,11,20-21H,1-2,6,8-9H2,3H3. The lowest BCUT2D eigenvalue weighted by molar-refractivity contribution is 0.0957. The maximum atomic E-state index is 13.7. The molecule has 1 aliphatic carbocycles. The van der Waals surface area contributed by atoms with E-state index >= 15 is 0 Å². The first-order chi connectivity index (χ1) is 11.0. The van der Waals surface area contributed by atoms with Gasteiger partial charge in [-0.05, 0) is 23.8 Å². The van der Waals surface area contributed by atoms with E-state index in [1.807, 2.05) is 11.6 Å². The summed E-state index contributed by atoms with van der Waals surface area (Å²) in [6, 6.07) is 4.59. The lowest BCUT2D eigenvalue weighted by atomic mass is 9.81. The summed E-state index contributed by atoms with van der Waals surface area (Å²) in [4.78, 5) is 12.6. The maximum absolute atomic E-state index is 13.7. The minimum Gasteiger partial charge on any atom is -0.341 e. The molecule has 1 unspecified atom stereocenters. The van der Waals surface area contributed by atoms with Crippen molar-refractivity contribution < 1.29 is 9.18 Å². The second-order valence-electron chi connectivity index (χ2n) is 5.74. The largest absolute Gasteiger partial charge is 0.341 e. The second kappa shape index (κ2) is 5.96. The number of carbonyl (C=O) groups excluding carboxylic acids is 1. The predicted molar refractivity (Wildman–Crippen MR) is 89.9 cm³/mol. The summed E-state index contributed by atoms with van der Waals surface area (Å²) in [5.74, 6) is -0.267. The average Bonchev–Trinajstić information content (AvgIpc) is 2.81. The van der Waals surface area contributed by atoms with Gasteiger partial charge in [0.05, 0.1) is 12.4 Å². The monoisotopic (exact) mass is 314 g/mol. The zero-order chi connectivity index (χ0) is 16.6. The van der Waals surface area contributed by atoms with E-state index in [9.17, 15) is 9.18 Å². The number of hydrogen-bond donors (Lipinski definition) is 2. The van der Waals surface area contributed by atoms with Crippen LogP contribution in [0.3, 0.4) is 0 Å². The number of hydrogen-bond acceptors (Lipinski definition) is 4. The molecule has 1 aromatic heterocycles. The fourth-order valence-electron chi connectivity index (χ4n) is 3.27. The second-order valence-corrected chi connectivity index (χ2v) is 5.74. The number of nitrogens with one attached hydrogen (secondary N) is 2. The van der Waals surface area contributed by atoms with Crippen molar-refractivity contribution >= 4 is 29.0 Å². The summed E-state index contributed by atoms with van der Waals surface area (Å²) in [6.07, 6.45) is 0.396. The lowest BCUT2D eigenvalue weighted by Gasteiger charge is -2.25. The molecule has 5 nitrogen and oxygen atoms in total. The fourth-order valence-corrected chi connectivity index (χ4v) is 3.27. The summed E-state index contributed by atoms with van der Waals surface area (Å²) in [5.41, 5.74) is 5.82. The SMILES string of the molecule is C=NNCNCC1CC(=O)c2c(c3cc(F)ccc3n2C)C1=C. The van der Waals surface area contributed by atoms with Crippen LogP contribution in [0.5, 0.6) is 0 Å². The number of aromatic nitrogens is 1. The number of nitrogens with zero attached hydrogens (tertiary/aromatic N) is 2. The van der Waals surface area contributed by atoms with E-state index in [2.05, 4.69) is 29.1 Å². The number of ketones is 1. The molecule has 0 amide bonds. The van der Waals surface area contributed by atoms with E-state index in [-0.39, 0.29) is 17.5 Å². The summed E-state index contributed by atoms with van der Waals surface area (Å²) in [5, 5.41) is 7.46. The topological polar surface area (TPSA) is 58.4 Å². The van der Waals surface area contributed by atoms with Crippen molar-refractivity contribution in [2.45, 2.75) is 6.42 Å². The lowest BCUT2D eigenvalue weighted by Crippen LogP contribution is -2.33. The molecule has 0 bridgehead atoms. The minimum atomic E-state index is -0.312. The van der Waals surface area contributed by atoms with Crippen LogP contribution in [0.4, 0.5) is 4.39 Å². The smallest absolute Gasteiger partial charge is 0.180 e. The first-order valence-corrected chi connectivity index (χ1v) is 7.44. The molecule has 0 radical (unpaired) electrons. The third-order valence-corrected chi connectivity index (χ3v) is 4.38. The van der Waals surface area contributed by atoms with E-state index in [0.29, 0.717) is 25.3 Å². The third kappa shape index (κ3) is 2.55. The summed E-state index contributed by atoms with van der Waals surface area (Å²) in [6.45, 7) is 8.58. The fraction of sp³-hybridized carbons (Fsp3) is 0.294. The molecule has 2 aromatic rings. The van der Waals surface area contributed by atoms with Gasteiger partial charge in [0.25, 0.3) is 0 Å². The van der Waals surface area contributed by atoms with Gasteiger partial charge in [-0.2, -0.15) is 5.10 Å². The van der Waals surface area contributed by atoms with Gasteiger partial charge in [0.15, 0.2) is 5.78 Å². The summed E-state index contributed by atoms with van der Waals surface area (Å²) < 4.78 is 15.5. The van der Waals surface area contributed by atoms with Crippen molar-refractivity contribution in [3.8, 4) is 0 Å². The quantitative estimate of drug-likeness (QED) is 0.385. The molecule has 2 N–H and O–H groups in total. The van der Waals surface area contributed by atoms with Gasteiger partial charge in [-0.1, -0.05) is 6.58 Å². The number of fused-ring (bicyclic) bond motifs is 3. The molecule has 120 valence electrons. The molecule has 1 atom stereocenters. The van der Waals surface area contributed by atoms with Gasteiger partial charge < -0.3 is 4.57 Å². The Bertz CT molecular complexity index is 809. The molecule has 0 saturated carbocycles. The van der Waals surface area contributed by atoms with Crippen LogP contribution in [0.1, 0.15) is 22.5 Å². The molecule has 0 spiro atoms. The van der Waals surface area contributed by atoms with Crippen LogP contribution in [0.15, 0.2) is 29.9 Å². The number of carbonyl (C=O) groups is 1. The molecule has 1 aliphatic rings. The molecule has 23 heavy (non-hydrogen) atoms. The van der Waals surface area contributed by atoms with Gasteiger partial charge in [-0.15, -0.1) is 0 Å². The van der Waals surface area contributed by atoms with Crippen LogP contribution in [-0.4, -0.2) is 30.3 Å². The Morgan fingerprint density at radius 1 is 1.48 bits per heavy atom. The molecule has 0 fully saturated rings. The Hall–Kier alpha value is -2.47. The van der Waals surface area contributed by atoms with Gasteiger partial charge in [0.1, 0.15) is 5.82 Å².